The first-order chi connectivity index (χ1) is 9.11. The number of aromatic nitrogens is 3. The Hall–Kier alpha value is -1.88. The van der Waals surface area contributed by atoms with Crippen LogP contribution >= 0.6 is 0 Å². The lowest BCUT2D eigenvalue weighted by molar-refractivity contribution is 0.503. The van der Waals surface area contributed by atoms with Gasteiger partial charge in [-0.1, -0.05) is 12.1 Å². The Balaban J connectivity index is 2.16. The van der Waals surface area contributed by atoms with Crippen LogP contribution in [0.2, 0.25) is 0 Å². The van der Waals surface area contributed by atoms with E-state index in [0.717, 1.165) is 23.6 Å². The summed E-state index contributed by atoms with van der Waals surface area (Å²) in [6, 6.07) is 8.57. The first-order valence-corrected chi connectivity index (χ1v) is 6.50. The van der Waals surface area contributed by atoms with Crippen LogP contribution < -0.4 is 10.6 Å². The minimum atomic E-state index is 0.321. The first kappa shape index (κ1) is 13.5. The van der Waals surface area contributed by atoms with Gasteiger partial charge in [0, 0.05) is 25.3 Å². The highest BCUT2D eigenvalue weighted by Gasteiger charge is 2.10. The Labute approximate surface area is 114 Å². The van der Waals surface area contributed by atoms with E-state index in [1.807, 2.05) is 16.8 Å². The topological polar surface area (TPSA) is 60.0 Å². The second-order valence-corrected chi connectivity index (χ2v) is 4.94. The average Bonchev–Trinajstić information content (AvgIpc) is 2.87. The molecule has 0 aliphatic heterocycles. The van der Waals surface area contributed by atoms with Crippen molar-refractivity contribution < 1.29 is 0 Å². The van der Waals surface area contributed by atoms with Crippen LogP contribution in [0.25, 0.3) is 0 Å². The quantitative estimate of drug-likeness (QED) is 0.891. The van der Waals surface area contributed by atoms with Gasteiger partial charge in [0.2, 0.25) is 0 Å². The molecule has 19 heavy (non-hydrogen) atoms. The van der Waals surface area contributed by atoms with E-state index in [0.29, 0.717) is 12.6 Å². The van der Waals surface area contributed by atoms with Crippen LogP contribution in [0.15, 0.2) is 30.6 Å². The average molecular weight is 259 g/mol. The molecule has 0 saturated carbocycles. The van der Waals surface area contributed by atoms with Gasteiger partial charge in [0.15, 0.2) is 0 Å². The lowest BCUT2D eigenvalue weighted by atomic mass is 10.2. The maximum absolute atomic E-state index is 5.67. The van der Waals surface area contributed by atoms with E-state index in [9.17, 15) is 0 Å². The first-order valence-electron chi connectivity index (χ1n) is 6.50. The molecule has 0 fully saturated rings. The molecule has 5 heteroatoms. The number of nitrogens with zero attached hydrogens (tertiary/aromatic N) is 4. The fraction of sp³-hybridized carbons (Fsp3) is 0.429. The SMILES string of the molecule is CC(C)n1ncnc1CN(C)c1cccc(CN)c1. The van der Waals surface area contributed by atoms with Crippen molar-refractivity contribution in [2.75, 3.05) is 11.9 Å². The summed E-state index contributed by atoms with van der Waals surface area (Å²) >= 11 is 0. The molecule has 1 aromatic heterocycles. The molecule has 2 N–H and O–H groups in total. The lowest BCUT2D eigenvalue weighted by Gasteiger charge is -2.20. The third-order valence-electron chi connectivity index (χ3n) is 3.10. The molecular formula is C14H21N5. The number of rotatable bonds is 5. The van der Waals surface area contributed by atoms with Crippen molar-refractivity contribution in [2.24, 2.45) is 5.73 Å². The predicted octanol–water partition coefficient (Wildman–Crippen LogP) is 1.95. The summed E-state index contributed by atoms with van der Waals surface area (Å²) in [4.78, 5) is 6.49. The highest BCUT2D eigenvalue weighted by molar-refractivity contribution is 5.47. The van der Waals surface area contributed by atoms with Crippen molar-refractivity contribution in [3.05, 3.63) is 42.0 Å². The van der Waals surface area contributed by atoms with Gasteiger partial charge < -0.3 is 10.6 Å². The van der Waals surface area contributed by atoms with E-state index >= 15 is 0 Å². The molecule has 0 radical (unpaired) electrons. The Morgan fingerprint density at radius 2 is 2.16 bits per heavy atom. The number of anilines is 1. The molecule has 0 saturated heterocycles. The standard InChI is InChI=1S/C14H21N5/c1-11(2)19-14(16-10-17-19)9-18(3)13-6-4-5-12(7-13)8-15/h4-7,10-11H,8-9,15H2,1-3H3. The van der Waals surface area contributed by atoms with Crippen molar-refractivity contribution in [1.29, 1.82) is 0 Å². The van der Waals surface area contributed by atoms with Gasteiger partial charge in [-0.05, 0) is 31.5 Å². The zero-order valence-electron chi connectivity index (χ0n) is 11.7. The summed E-state index contributed by atoms with van der Waals surface area (Å²) in [6.07, 6.45) is 1.61. The van der Waals surface area contributed by atoms with Gasteiger partial charge in [0.25, 0.3) is 0 Å². The van der Waals surface area contributed by atoms with Crippen LogP contribution in [-0.2, 0) is 13.1 Å². The van der Waals surface area contributed by atoms with Gasteiger partial charge in [0.1, 0.15) is 12.2 Å². The number of benzene rings is 1. The molecular weight excluding hydrogens is 238 g/mol. The van der Waals surface area contributed by atoms with E-state index in [1.54, 1.807) is 6.33 Å². The van der Waals surface area contributed by atoms with Crippen LogP contribution in [0.4, 0.5) is 5.69 Å². The van der Waals surface area contributed by atoms with E-state index in [2.05, 4.69) is 48.0 Å². The smallest absolute Gasteiger partial charge is 0.146 e. The largest absolute Gasteiger partial charge is 0.367 e. The third kappa shape index (κ3) is 3.12. The molecule has 0 amide bonds. The monoisotopic (exact) mass is 259 g/mol. The molecule has 0 spiro atoms. The van der Waals surface area contributed by atoms with E-state index < -0.39 is 0 Å². The zero-order valence-corrected chi connectivity index (χ0v) is 11.7. The normalized spacial score (nSPS) is 11.0. The van der Waals surface area contributed by atoms with Crippen LogP contribution in [0.3, 0.4) is 0 Å². The second-order valence-electron chi connectivity index (χ2n) is 4.94. The molecule has 0 bridgehead atoms. The Kier molecular flexibility index (Phi) is 4.16. The van der Waals surface area contributed by atoms with Gasteiger partial charge in [-0.3, -0.25) is 0 Å². The molecule has 5 nitrogen and oxygen atoms in total. The van der Waals surface area contributed by atoms with Crippen LogP contribution in [-0.4, -0.2) is 21.8 Å². The van der Waals surface area contributed by atoms with Crippen LogP contribution in [0.5, 0.6) is 0 Å². The summed E-state index contributed by atoms with van der Waals surface area (Å²) in [6.45, 7) is 5.50. The molecule has 0 aliphatic carbocycles. The van der Waals surface area contributed by atoms with E-state index in [4.69, 9.17) is 5.73 Å². The minimum Gasteiger partial charge on any atom is -0.367 e. The van der Waals surface area contributed by atoms with Crippen molar-refractivity contribution in [2.45, 2.75) is 33.0 Å². The van der Waals surface area contributed by atoms with E-state index in [-0.39, 0.29) is 0 Å². The number of nitrogens with two attached hydrogens (primary N) is 1. The highest BCUT2D eigenvalue weighted by Crippen LogP contribution is 2.17. The van der Waals surface area contributed by atoms with Crippen molar-refractivity contribution in [1.82, 2.24) is 14.8 Å². The van der Waals surface area contributed by atoms with Crippen LogP contribution in [0.1, 0.15) is 31.3 Å². The van der Waals surface area contributed by atoms with Gasteiger partial charge in [0.05, 0.1) is 6.54 Å². The maximum Gasteiger partial charge on any atom is 0.146 e. The Morgan fingerprint density at radius 1 is 1.37 bits per heavy atom. The summed E-state index contributed by atoms with van der Waals surface area (Å²) in [5.74, 6) is 0.968. The van der Waals surface area contributed by atoms with Gasteiger partial charge in [-0.2, -0.15) is 5.10 Å². The fourth-order valence-corrected chi connectivity index (χ4v) is 2.04. The van der Waals surface area contributed by atoms with Gasteiger partial charge in [-0.15, -0.1) is 0 Å². The highest BCUT2D eigenvalue weighted by atomic mass is 15.4. The Bertz CT molecular complexity index is 532. The van der Waals surface area contributed by atoms with Crippen molar-refractivity contribution >= 4 is 5.69 Å². The molecule has 2 aromatic rings. The molecule has 0 unspecified atom stereocenters. The van der Waals surface area contributed by atoms with Crippen molar-refractivity contribution in [3.8, 4) is 0 Å². The third-order valence-corrected chi connectivity index (χ3v) is 3.10. The van der Waals surface area contributed by atoms with E-state index in [1.165, 1.54) is 0 Å². The fourth-order valence-electron chi connectivity index (χ4n) is 2.04. The molecule has 0 atom stereocenters. The van der Waals surface area contributed by atoms with Gasteiger partial charge in [-0.25, -0.2) is 9.67 Å². The summed E-state index contributed by atoms with van der Waals surface area (Å²) in [5, 5.41) is 4.26. The maximum atomic E-state index is 5.67. The number of hydrogen-bond donors (Lipinski definition) is 1. The summed E-state index contributed by atoms with van der Waals surface area (Å²) < 4.78 is 1.95. The molecule has 2 rings (SSSR count). The molecule has 102 valence electrons. The van der Waals surface area contributed by atoms with Crippen LogP contribution in [0, 0.1) is 0 Å². The molecule has 1 heterocycles. The summed E-state index contributed by atoms with van der Waals surface area (Å²) in [5.41, 5.74) is 7.95. The zero-order chi connectivity index (χ0) is 13.8. The molecule has 1 aromatic carbocycles. The number of hydrogen-bond acceptors (Lipinski definition) is 4. The Morgan fingerprint density at radius 3 is 2.84 bits per heavy atom. The second kappa shape index (κ2) is 5.84. The summed E-state index contributed by atoms with van der Waals surface area (Å²) in [7, 11) is 2.05. The van der Waals surface area contributed by atoms with Gasteiger partial charge >= 0.3 is 0 Å². The predicted molar refractivity (Wildman–Crippen MR) is 76.8 cm³/mol. The minimum absolute atomic E-state index is 0.321. The lowest BCUT2D eigenvalue weighted by Crippen LogP contribution is -2.21. The van der Waals surface area contributed by atoms with Crippen molar-refractivity contribution in [3.63, 3.8) is 0 Å². The molecule has 0 aliphatic rings.